The number of hydrogen-bond donors (Lipinski definition) is 3. The van der Waals surface area contributed by atoms with Gasteiger partial charge in [0.15, 0.2) is 0 Å². The summed E-state index contributed by atoms with van der Waals surface area (Å²) in [5, 5.41) is 8.23. The Labute approximate surface area is 160 Å². The number of piperidine rings is 1. The third-order valence-corrected chi connectivity index (χ3v) is 5.51. The molecule has 2 fully saturated rings. The fourth-order valence-electron chi connectivity index (χ4n) is 4.05. The number of carbonyl (C=O) groups is 3. The summed E-state index contributed by atoms with van der Waals surface area (Å²) in [5.41, 5.74) is 2.27. The molecule has 0 aliphatic carbocycles. The molecule has 3 aliphatic rings. The van der Waals surface area contributed by atoms with Gasteiger partial charge in [0.1, 0.15) is 6.04 Å². The topological polar surface area (TPSA) is 90.5 Å². The third kappa shape index (κ3) is 3.77. The zero-order valence-electron chi connectivity index (χ0n) is 15.3. The second kappa shape index (κ2) is 7.21. The number of carbonyl (C=O) groups excluding carboxylic acids is 3. The van der Waals surface area contributed by atoms with E-state index in [0.717, 1.165) is 11.1 Å². The van der Waals surface area contributed by atoms with Gasteiger partial charge in [0.05, 0.1) is 6.54 Å². The van der Waals surface area contributed by atoms with E-state index < -0.39 is 17.9 Å². The van der Waals surface area contributed by atoms with Crippen molar-refractivity contribution in [2.24, 2.45) is 0 Å². The van der Waals surface area contributed by atoms with Gasteiger partial charge in [-0.05, 0) is 23.6 Å². The molecule has 150 valence electrons. The molecule has 4 rings (SSSR count). The van der Waals surface area contributed by atoms with Gasteiger partial charge in [-0.15, -0.1) is 0 Å². The average Bonchev–Trinajstić information content (AvgIpc) is 3.15. The number of nitrogens with zero attached hydrogens (tertiary/aromatic N) is 1. The zero-order valence-corrected chi connectivity index (χ0v) is 15.3. The van der Waals surface area contributed by atoms with Gasteiger partial charge < -0.3 is 15.5 Å². The van der Waals surface area contributed by atoms with E-state index in [1.165, 1.54) is 4.90 Å². The molecule has 0 bridgehead atoms. The number of alkyl halides is 2. The minimum absolute atomic E-state index is 0.177. The highest BCUT2D eigenvalue weighted by molar-refractivity contribution is 6.05. The Morgan fingerprint density at radius 3 is 2.79 bits per heavy atom. The maximum Gasteiger partial charge on any atom is 0.261 e. The van der Waals surface area contributed by atoms with Crippen LogP contribution in [0.2, 0.25) is 0 Å². The summed E-state index contributed by atoms with van der Waals surface area (Å²) in [6, 6.07) is 4.64. The number of hydrogen-bond acceptors (Lipinski definition) is 5. The van der Waals surface area contributed by atoms with E-state index in [1.807, 2.05) is 12.1 Å². The zero-order chi connectivity index (χ0) is 19.9. The van der Waals surface area contributed by atoms with Crippen molar-refractivity contribution in [3.05, 3.63) is 34.9 Å². The number of amides is 3. The van der Waals surface area contributed by atoms with E-state index in [2.05, 4.69) is 16.0 Å². The van der Waals surface area contributed by atoms with Crippen molar-refractivity contribution in [3.63, 3.8) is 0 Å². The average molecular weight is 392 g/mol. The van der Waals surface area contributed by atoms with E-state index in [0.29, 0.717) is 31.6 Å². The molecule has 3 heterocycles. The molecule has 0 aromatic heterocycles. The molecule has 1 aromatic carbocycles. The van der Waals surface area contributed by atoms with Crippen molar-refractivity contribution in [1.29, 1.82) is 0 Å². The van der Waals surface area contributed by atoms with Gasteiger partial charge in [-0.3, -0.25) is 19.7 Å². The Morgan fingerprint density at radius 1 is 1.25 bits per heavy atom. The van der Waals surface area contributed by atoms with Crippen LogP contribution >= 0.6 is 0 Å². The monoisotopic (exact) mass is 392 g/mol. The first-order valence-electron chi connectivity index (χ1n) is 9.41. The van der Waals surface area contributed by atoms with Crippen LogP contribution in [0.5, 0.6) is 0 Å². The largest absolute Gasteiger partial charge is 0.322 e. The van der Waals surface area contributed by atoms with E-state index in [-0.39, 0.29) is 37.2 Å². The standard InChI is InChI=1S/C19H22F2N4O3/c20-19(21)6-13(23-10-19)8-22-7-11-1-2-12-9-25(18(28)14(12)5-11)15-3-4-16(26)24-17(15)27/h1-2,5,13,15,22-23H,3-4,6-10H2,(H,24,26,27). The minimum atomic E-state index is -2.65. The van der Waals surface area contributed by atoms with Gasteiger partial charge in [-0.25, -0.2) is 8.78 Å². The second-order valence-corrected chi connectivity index (χ2v) is 7.66. The number of rotatable bonds is 5. The lowest BCUT2D eigenvalue weighted by molar-refractivity contribution is -0.136. The first kappa shape index (κ1) is 18.9. The summed E-state index contributed by atoms with van der Waals surface area (Å²) in [7, 11) is 0. The maximum absolute atomic E-state index is 13.2. The molecule has 3 amide bonds. The quantitative estimate of drug-likeness (QED) is 0.637. The van der Waals surface area contributed by atoms with E-state index in [4.69, 9.17) is 0 Å². The van der Waals surface area contributed by atoms with Crippen LogP contribution in [0, 0.1) is 0 Å². The van der Waals surface area contributed by atoms with Crippen LogP contribution in [-0.4, -0.2) is 53.7 Å². The SMILES string of the molecule is O=C1CCC(N2Cc3ccc(CNCC4CC(F)(F)CN4)cc3C2=O)C(=O)N1. The Morgan fingerprint density at radius 2 is 2.07 bits per heavy atom. The second-order valence-electron chi connectivity index (χ2n) is 7.66. The molecule has 2 unspecified atom stereocenters. The van der Waals surface area contributed by atoms with Gasteiger partial charge in [0.2, 0.25) is 11.8 Å². The lowest BCUT2D eigenvalue weighted by Gasteiger charge is -2.29. The van der Waals surface area contributed by atoms with Crippen LogP contribution in [0.4, 0.5) is 8.78 Å². The first-order valence-corrected chi connectivity index (χ1v) is 9.41. The summed E-state index contributed by atoms with van der Waals surface area (Å²) in [6.07, 6.45) is 0.376. The number of benzene rings is 1. The highest BCUT2D eigenvalue weighted by Crippen LogP contribution is 2.28. The van der Waals surface area contributed by atoms with Crippen LogP contribution in [0.15, 0.2) is 18.2 Å². The van der Waals surface area contributed by atoms with Gasteiger partial charge in [-0.2, -0.15) is 0 Å². The molecule has 0 saturated carbocycles. The summed E-state index contributed by atoms with van der Waals surface area (Å²) in [5.74, 6) is -3.61. The molecule has 3 aliphatic heterocycles. The van der Waals surface area contributed by atoms with Gasteiger partial charge >= 0.3 is 0 Å². The van der Waals surface area contributed by atoms with Crippen molar-refractivity contribution in [3.8, 4) is 0 Å². The van der Waals surface area contributed by atoms with E-state index >= 15 is 0 Å². The summed E-state index contributed by atoms with van der Waals surface area (Å²) in [6.45, 7) is 0.934. The molecule has 1 aromatic rings. The fourth-order valence-corrected chi connectivity index (χ4v) is 4.05. The lowest BCUT2D eigenvalue weighted by Crippen LogP contribution is -2.52. The van der Waals surface area contributed by atoms with Crippen molar-refractivity contribution >= 4 is 17.7 Å². The molecule has 0 radical (unpaired) electrons. The minimum Gasteiger partial charge on any atom is -0.322 e. The number of imide groups is 1. The normalized spacial score (nSPS) is 26.5. The Kier molecular flexibility index (Phi) is 4.88. The molecule has 7 nitrogen and oxygen atoms in total. The Hall–Kier alpha value is -2.39. The van der Waals surface area contributed by atoms with Gasteiger partial charge in [0, 0.05) is 44.1 Å². The highest BCUT2D eigenvalue weighted by atomic mass is 19.3. The molecule has 3 N–H and O–H groups in total. The van der Waals surface area contributed by atoms with Crippen LogP contribution in [0.1, 0.15) is 40.7 Å². The first-order chi connectivity index (χ1) is 13.3. The number of halogens is 2. The predicted molar refractivity (Wildman–Crippen MR) is 95.5 cm³/mol. The maximum atomic E-state index is 13.2. The fraction of sp³-hybridized carbons (Fsp3) is 0.526. The van der Waals surface area contributed by atoms with Crippen LogP contribution < -0.4 is 16.0 Å². The van der Waals surface area contributed by atoms with Crippen LogP contribution in [0.25, 0.3) is 0 Å². The van der Waals surface area contributed by atoms with Gasteiger partial charge in [0.25, 0.3) is 11.8 Å². The van der Waals surface area contributed by atoms with Gasteiger partial charge in [-0.1, -0.05) is 12.1 Å². The predicted octanol–water partition coefficient (Wildman–Crippen LogP) is 0.534. The van der Waals surface area contributed by atoms with E-state index in [1.54, 1.807) is 6.07 Å². The van der Waals surface area contributed by atoms with Crippen molar-refractivity contribution in [1.82, 2.24) is 20.9 Å². The lowest BCUT2D eigenvalue weighted by atomic mass is 10.0. The molecule has 2 atom stereocenters. The molecule has 9 heteroatoms. The smallest absolute Gasteiger partial charge is 0.261 e. The summed E-state index contributed by atoms with van der Waals surface area (Å²) >= 11 is 0. The molecular weight excluding hydrogens is 370 g/mol. The molecule has 2 saturated heterocycles. The van der Waals surface area contributed by atoms with Crippen molar-refractivity contribution in [2.75, 3.05) is 13.1 Å². The van der Waals surface area contributed by atoms with Crippen molar-refractivity contribution in [2.45, 2.75) is 50.4 Å². The molecule has 0 spiro atoms. The van der Waals surface area contributed by atoms with Crippen molar-refractivity contribution < 1.29 is 23.2 Å². The summed E-state index contributed by atoms with van der Waals surface area (Å²) in [4.78, 5) is 37.7. The summed E-state index contributed by atoms with van der Waals surface area (Å²) < 4.78 is 26.4. The number of fused-ring (bicyclic) bond motifs is 1. The highest BCUT2D eigenvalue weighted by Gasteiger charge is 2.40. The van der Waals surface area contributed by atoms with Crippen LogP contribution in [0.3, 0.4) is 0 Å². The van der Waals surface area contributed by atoms with E-state index in [9.17, 15) is 23.2 Å². The Bertz CT molecular complexity index is 829. The van der Waals surface area contributed by atoms with Crippen LogP contribution in [-0.2, 0) is 22.7 Å². The molecule has 28 heavy (non-hydrogen) atoms. The third-order valence-electron chi connectivity index (χ3n) is 5.51. The number of nitrogens with one attached hydrogen (secondary N) is 3. The Balaban J connectivity index is 1.36. The molecular formula is C19H22F2N4O3.